The Morgan fingerprint density at radius 2 is 1.64 bits per heavy atom. The van der Waals surface area contributed by atoms with Crippen molar-refractivity contribution in [2.45, 2.75) is 30.6 Å². The fourth-order valence-electron chi connectivity index (χ4n) is 5.35. The quantitative estimate of drug-likeness (QED) is 0.496. The normalized spacial score (nSPS) is 27.5. The summed E-state index contributed by atoms with van der Waals surface area (Å²) in [4.78, 5) is 51.9. The lowest BCUT2D eigenvalue weighted by Crippen LogP contribution is -2.46. The van der Waals surface area contributed by atoms with Crippen LogP contribution in [0.5, 0.6) is 0 Å². The van der Waals surface area contributed by atoms with Gasteiger partial charge in [0.15, 0.2) is 5.54 Å². The van der Waals surface area contributed by atoms with Crippen molar-refractivity contribution in [3.63, 3.8) is 0 Å². The Balaban J connectivity index is 1.32. The van der Waals surface area contributed by atoms with Crippen LogP contribution in [0.15, 0.2) is 60.7 Å². The Morgan fingerprint density at radius 1 is 1.03 bits per heavy atom. The van der Waals surface area contributed by atoms with Gasteiger partial charge >= 0.3 is 6.03 Å². The second kappa shape index (κ2) is 8.44. The molecule has 2 aromatic carbocycles. The van der Waals surface area contributed by atoms with Crippen LogP contribution in [0.4, 0.5) is 4.79 Å². The summed E-state index contributed by atoms with van der Waals surface area (Å²) in [6.07, 6.45) is 1.93. The molecule has 8 nitrogen and oxygen atoms in total. The summed E-state index contributed by atoms with van der Waals surface area (Å²) in [5.74, 6) is -1.63. The fourth-order valence-corrected chi connectivity index (χ4v) is 5.35. The van der Waals surface area contributed by atoms with Gasteiger partial charge in [0.25, 0.3) is 5.91 Å². The fraction of sp³-hybridized carbons (Fsp3) is 0.360. The molecular formula is C25H25N3O5. The van der Waals surface area contributed by atoms with Gasteiger partial charge in [0, 0.05) is 13.1 Å². The molecule has 3 heterocycles. The number of fused-ring (bicyclic) bond motifs is 2. The number of hydrogen-bond donors (Lipinski definition) is 2. The highest BCUT2D eigenvalue weighted by atomic mass is 16.5. The standard InChI is InChI=1S/C25H25N3O5/c29-15-18-19-11-12-20(33-19)21(18)22(30)26-13-14-28-23(31)25(27-24(28)32,16-7-3-1-4-8-16)17-9-5-2-6-10-17/h1-10,15,18-21H,11-14H2,(H,26,30)(H,27,32)/t18-,19?,20?,21?/m0/s1. The molecule has 4 atom stereocenters. The first-order valence-electron chi connectivity index (χ1n) is 11.2. The van der Waals surface area contributed by atoms with Gasteiger partial charge in [-0.3, -0.25) is 14.5 Å². The number of carbonyl (C=O) groups excluding carboxylic acids is 4. The van der Waals surface area contributed by atoms with Crippen molar-refractivity contribution in [2.24, 2.45) is 11.8 Å². The second-order valence-corrected chi connectivity index (χ2v) is 8.69. The Hall–Kier alpha value is -3.52. The number of nitrogens with one attached hydrogen (secondary N) is 2. The Bertz CT molecular complexity index is 1030. The molecule has 3 fully saturated rings. The van der Waals surface area contributed by atoms with E-state index < -0.39 is 29.3 Å². The molecule has 0 radical (unpaired) electrons. The van der Waals surface area contributed by atoms with Gasteiger partial charge in [-0.1, -0.05) is 60.7 Å². The van der Waals surface area contributed by atoms with E-state index in [1.165, 1.54) is 0 Å². The molecule has 33 heavy (non-hydrogen) atoms. The van der Waals surface area contributed by atoms with Crippen molar-refractivity contribution in [1.29, 1.82) is 0 Å². The molecule has 2 bridgehead atoms. The lowest BCUT2D eigenvalue weighted by Gasteiger charge is -2.28. The Kier molecular flexibility index (Phi) is 5.46. The third kappa shape index (κ3) is 3.41. The molecule has 4 amide bonds. The van der Waals surface area contributed by atoms with Crippen LogP contribution in [0.2, 0.25) is 0 Å². The molecule has 3 saturated heterocycles. The Labute approximate surface area is 191 Å². The van der Waals surface area contributed by atoms with Gasteiger partial charge in [-0.25, -0.2) is 4.79 Å². The lowest BCUT2D eigenvalue weighted by atomic mass is 9.79. The summed E-state index contributed by atoms with van der Waals surface area (Å²) >= 11 is 0. The van der Waals surface area contributed by atoms with E-state index in [2.05, 4.69) is 10.6 Å². The maximum absolute atomic E-state index is 13.6. The van der Waals surface area contributed by atoms with Crippen molar-refractivity contribution in [3.8, 4) is 0 Å². The minimum absolute atomic E-state index is 0.0191. The first-order valence-corrected chi connectivity index (χ1v) is 11.2. The van der Waals surface area contributed by atoms with Crippen molar-refractivity contribution >= 4 is 24.1 Å². The topological polar surface area (TPSA) is 105 Å². The molecule has 0 saturated carbocycles. The van der Waals surface area contributed by atoms with Crippen LogP contribution in [0.3, 0.4) is 0 Å². The van der Waals surface area contributed by atoms with Crippen molar-refractivity contribution in [1.82, 2.24) is 15.5 Å². The zero-order chi connectivity index (χ0) is 23.0. The zero-order valence-corrected chi connectivity index (χ0v) is 18.0. The third-order valence-corrected chi connectivity index (χ3v) is 6.94. The van der Waals surface area contributed by atoms with E-state index in [1.807, 2.05) is 60.7 Å². The summed E-state index contributed by atoms with van der Waals surface area (Å²) in [6, 6.07) is 17.7. The highest BCUT2D eigenvalue weighted by Gasteiger charge is 2.54. The number of hydrogen-bond acceptors (Lipinski definition) is 5. The first kappa shape index (κ1) is 21.3. The van der Waals surface area contributed by atoms with E-state index in [0.717, 1.165) is 24.0 Å². The number of imide groups is 1. The highest BCUT2D eigenvalue weighted by molar-refractivity contribution is 6.09. The molecule has 170 valence electrons. The summed E-state index contributed by atoms with van der Waals surface area (Å²) in [5, 5.41) is 5.69. The molecule has 8 heteroatoms. The molecular weight excluding hydrogens is 422 g/mol. The van der Waals surface area contributed by atoms with Crippen molar-refractivity contribution < 1.29 is 23.9 Å². The van der Waals surface area contributed by atoms with Gasteiger partial charge in [-0.05, 0) is 24.0 Å². The SMILES string of the molecule is O=C[C@H]1C2CCC(O2)C1C(=O)NCCN1C(=O)NC(c2ccccc2)(c2ccccc2)C1=O. The van der Waals surface area contributed by atoms with Gasteiger partial charge < -0.3 is 20.2 Å². The van der Waals surface area contributed by atoms with E-state index in [4.69, 9.17) is 4.74 Å². The average Bonchev–Trinajstić information content (AvgIpc) is 3.53. The maximum Gasteiger partial charge on any atom is 0.325 e. The molecule has 3 unspecified atom stereocenters. The number of carbonyl (C=O) groups is 4. The second-order valence-electron chi connectivity index (χ2n) is 8.69. The summed E-state index contributed by atoms with van der Waals surface area (Å²) in [7, 11) is 0. The van der Waals surface area contributed by atoms with Crippen LogP contribution >= 0.6 is 0 Å². The van der Waals surface area contributed by atoms with Crippen LogP contribution in [0.25, 0.3) is 0 Å². The van der Waals surface area contributed by atoms with Gasteiger partial charge in [0.05, 0.1) is 24.0 Å². The van der Waals surface area contributed by atoms with Crippen LogP contribution < -0.4 is 10.6 Å². The number of rotatable bonds is 7. The van der Waals surface area contributed by atoms with Gasteiger partial charge in [0.2, 0.25) is 5.91 Å². The van der Waals surface area contributed by atoms with Crippen LogP contribution in [0, 0.1) is 11.8 Å². The van der Waals surface area contributed by atoms with E-state index in [0.29, 0.717) is 11.1 Å². The minimum atomic E-state index is -1.33. The van der Waals surface area contributed by atoms with E-state index in [9.17, 15) is 19.2 Å². The van der Waals surface area contributed by atoms with E-state index >= 15 is 0 Å². The smallest absolute Gasteiger partial charge is 0.325 e. The lowest BCUT2D eigenvalue weighted by molar-refractivity contribution is -0.132. The average molecular weight is 447 g/mol. The number of ether oxygens (including phenoxy) is 1. The third-order valence-electron chi connectivity index (χ3n) is 6.94. The molecule has 3 aliphatic heterocycles. The summed E-state index contributed by atoms with van der Waals surface area (Å²) < 4.78 is 5.73. The molecule has 0 aliphatic carbocycles. The first-order chi connectivity index (χ1) is 16.1. The summed E-state index contributed by atoms with van der Waals surface area (Å²) in [6.45, 7) is 0.113. The molecule has 3 aliphatic rings. The molecule has 0 spiro atoms. The molecule has 5 rings (SSSR count). The predicted octanol–water partition coefficient (Wildman–Crippen LogP) is 1.59. The van der Waals surface area contributed by atoms with E-state index in [-0.39, 0.29) is 31.2 Å². The number of amides is 4. The van der Waals surface area contributed by atoms with Gasteiger partial charge in [-0.15, -0.1) is 0 Å². The predicted molar refractivity (Wildman–Crippen MR) is 118 cm³/mol. The minimum Gasteiger partial charge on any atom is -0.373 e. The maximum atomic E-state index is 13.6. The van der Waals surface area contributed by atoms with Gasteiger partial charge in [-0.2, -0.15) is 0 Å². The number of nitrogens with zero attached hydrogens (tertiary/aromatic N) is 1. The van der Waals surface area contributed by atoms with Gasteiger partial charge in [0.1, 0.15) is 6.29 Å². The number of benzene rings is 2. The highest BCUT2D eigenvalue weighted by Crippen LogP contribution is 2.42. The number of aldehydes is 1. The molecule has 0 aromatic heterocycles. The van der Waals surface area contributed by atoms with E-state index in [1.54, 1.807) is 0 Å². The van der Waals surface area contributed by atoms with Crippen LogP contribution in [-0.4, -0.2) is 54.3 Å². The zero-order valence-electron chi connectivity index (χ0n) is 18.0. The summed E-state index contributed by atoms with van der Waals surface area (Å²) in [5.41, 5.74) is -0.00640. The number of urea groups is 1. The van der Waals surface area contributed by atoms with Crippen molar-refractivity contribution in [2.75, 3.05) is 13.1 Å². The molecule has 2 aromatic rings. The van der Waals surface area contributed by atoms with Crippen LogP contribution in [-0.2, 0) is 24.7 Å². The van der Waals surface area contributed by atoms with Crippen LogP contribution in [0.1, 0.15) is 24.0 Å². The molecule has 2 N–H and O–H groups in total. The largest absolute Gasteiger partial charge is 0.373 e. The monoisotopic (exact) mass is 447 g/mol. The van der Waals surface area contributed by atoms with Crippen molar-refractivity contribution in [3.05, 3.63) is 71.8 Å². The Morgan fingerprint density at radius 3 is 2.24 bits per heavy atom.